The van der Waals surface area contributed by atoms with E-state index in [0.29, 0.717) is 26.1 Å². The molecule has 0 radical (unpaired) electrons. The fourth-order valence-corrected chi connectivity index (χ4v) is 6.23. The SMILES string of the molecule is CC1CN(C(=O)CCNC(=O)NC23CC4CC(CC(C4)C2)C3)C(C)CO1. The van der Waals surface area contributed by atoms with Crippen molar-refractivity contribution in [3.8, 4) is 0 Å². The molecule has 2 unspecified atom stereocenters. The fraction of sp³-hybridized carbons (Fsp3) is 0.900. The predicted molar refractivity (Wildman–Crippen MR) is 98.6 cm³/mol. The summed E-state index contributed by atoms with van der Waals surface area (Å²) in [4.78, 5) is 26.8. The highest BCUT2D eigenvalue weighted by molar-refractivity contribution is 5.79. The highest BCUT2D eigenvalue weighted by Gasteiger charge is 2.51. The Balaban J connectivity index is 1.23. The fourth-order valence-electron chi connectivity index (χ4n) is 6.23. The Morgan fingerprint density at radius 2 is 1.69 bits per heavy atom. The summed E-state index contributed by atoms with van der Waals surface area (Å²) in [5, 5.41) is 6.22. The van der Waals surface area contributed by atoms with Gasteiger partial charge in [0.2, 0.25) is 5.91 Å². The molecule has 146 valence electrons. The summed E-state index contributed by atoms with van der Waals surface area (Å²) in [5.41, 5.74) is 0.0248. The van der Waals surface area contributed by atoms with Crippen LogP contribution in [-0.4, -0.2) is 54.2 Å². The van der Waals surface area contributed by atoms with Crippen LogP contribution in [0.15, 0.2) is 0 Å². The van der Waals surface area contributed by atoms with Gasteiger partial charge in [0.05, 0.1) is 18.8 Å². The van der Waals surface area contributed by atoms with E-state index in [2.05, 4.69) is 10.6 Å². The molecular weight excluding hydrogens is 330 g/mol. The van der Waals surface area contributed by atoms with Crippen LogP contribution in [0.2, 0.25) is 0 Å². The van der Waals surface area contributed by atoms with E-state index < -0.39 is 0 Å². The molecule has 3 amide bonds. The molecule has 26 heavy (non-hydrogen) atoms. The Hall–Kier alpha value is -1.30. The lowest BCUT2D eigenvalue weighted by Gasteiger charge is -2.56. The van der Waals surface area contributed by atoms with Crippen LogP contribution in [-0.2, 0) is 9.53 Å². The number of carbonyl (C=O) groups excluding carboxylic acids is 2. The Morgan fingerprint density at radius 3 is 2.31 bits per heavy atom. The second-order valence-corrected chi connectivity index (χ2v) is 9.37. The molecule has 1 saturated heterocycles. The number of urea groups is 1. The molecule has 5 aliphatic rings. The molecular formula is C20H33N3O3. The van der Waals surface area contributed by atoms with Crippen molar-refractivity contribution in [1.29, 1.82) is 0 Å². The van der Waals surface area contributed by atoms with Gasteiger partial charge in [-0.25, -0.2) is 4.79 Å². The van der Waals surface area contributed by atoms with E-state index in [1.807, 2.05) is 18.7 Å². The lowest BCUT2D eigenvalue weighted by atomic mass is 9.53. The molecule has 4 aliphatic carbocycles. The molecule has 0 spiro atoms. The molecule has 0 aromatic heterocycles. The number of morpholine rings is 1. The summed E-state index contributed by atoms with van der Waals surface area (Å²) in [5.74, 6) is 2.54. The van der Waals surface area contributed by atoms with Gasteiger partial charge in [-0.3, -0.25) is 4.79 Å². The van der Waals surface area contributed by atoms with Gasteiger partial charge in [-0.2, -0.15) is 0 Å². The van der Waals surface area contributed by atoms with Crippen molar-refractivity contribution in [3.05, 3.63) is 0 Å². The molecule has 2 N–H and O–H groups in total. The van der Waals surface area contributed by atoms with Crippen molar-refractivity contribution >= 4 is 11.9 Å². The smallest absolute Gasteiger partial charge is 0.315 e. The first-order valence-electron chi connectivity index (χ1n) is 10.4. The van der Waals surface area contributed by atoms with E-state index in [1.54, 1.807) is 0 Å². The minimum atomic E-state index is -0.0943. The third-order valence-electron chi connectivity index (χ3n) is 6.97. The number of nitrogens with one attached hydrogen (secondary N) is 2. The number of ether oxygens (including phenoxy) is 1. The summed E-state index contributed by atoms with van der Waals surface area (Å²) in [6.45, 7) is 5.63. The lowest BCUT2D eigenvalue weighted by molar-refractivity contribution is -0.143. The van der Waals surface area contributed by atoms with Crippen LogP contribution in [0.25, 0.3) is 0 Å². The molecule has 4 bridgehead atoms. The van der Waals surface area contributed by atoms with E-state index >= 15 is 0 Å². The van der Waals surface area contributed by atoms with Gasteiger partial charge in [-0.05, 0) is 70.1 Å². The molecule has 5 rings (SSSR count). The molecule has 0 aromatic carbocycles. The van der Waals surface area contributed by atoms with Crippen LogP contribution < -0.4 is 10.6 Å². The average Bonchev–Trinajstić information content (AvgIpc) is 2.55. The van der Waals surface area contributed by atoms with Crippen molar-refractivity contribution in [2.45, 2.75) is 76.5 Å². The molecule has 6 heteroatoms. The summed E-state index contributed by atoms with van der Waals surface area (Å²) < 4.78 is 5.57. The monoisotopic (exact) mass is 363 g/mol. The lowest BCUT2D eigenvalue weighted by Crippen LogP contribution is -2.61. The number of rotatable bonds is 4. The standard InChI is InChI=1S/C20H33N3O3/c1-13-12-26-14(2)11-23(13)18(24)3-4-21-19(25)22-20-8-15-5-16(9-20)7-17(6-15)10-20/h13-17H,3-12H2,1-2H3,(H2,21,22,25). The summed E-state index contributed by atoms with van der Waals surface area (Å²) in [7, 11) is 0. The number of carbonyl (C=O) groups is 2. The highest BCUT2D eigenvalue weighted by atomic mass is 16.5. The van der Waals surface area contributed by atoms with Gasteiger partial charge in [0.15, 0.2) is 0 Å². The minimum Gasteiger partial charge on any atom is -0.375 e. The molecule has 0 aromatic rings. The third kappa shape index (κ3) is 3.71. The van der Waals surface area contributed by atoms with E-state index in [0.717, 1.165) is 37.0 Å². The zero-order chi connectivity index (χ0) is 18.3. The quantitative estimate of drug-likeness (QED) is 0.805. The van der Waals surface area contributed by atoms with E-state index in [9.17, 15) is 9.59 Å². The Bertz CT molecular complexity index is 529. The normalized spacial score (nSPS) is 41.2. The van der Waals surface area contributed by atoms with Crippen LogP contribution in [0.4, 0.5) is 4.79 Å². The van der Waals surface area contributed by atoms with Crippen molar-refractivity contribution in [2.75, 3.05) is 19.7 Å². The molecule has 4 saturated carbocycles. The van der Waals surface area contributed by atoms with Gasteiger partial charge in [0.25, 0.3) is 0 Å². The largest absolute Gasteiger partial charge is 0.375 e. The third-order valence-corrected chi connectivity index (χ3v) is 6.97. The Labute approximate surface area is 156 Å². The van der Waals surface area contributed by atoms with Crippen LogP contribution in [0.3, 0.4) is 0 Å². The number of nitrogens with zero attached hydrogens (tertiary/aromatic N) is 1. The maximum atomic E-state index is 12.4. The van der Waals surface area contributed by atoms with Crippen LogP contribution in [0.1, 0.15) is 58.8 Å². The highest BCUT2D eigenvalue weighted by Crippen LogP contribution is 2.55. The molecule has 1 aliphatic heterocycles. The first-order chi connectivity index (χ1) is 12.4. The Kier molecular flexibility index (Phi) is 4.88. The van der Waals surface area contributed by atoms with Gasteiger partial charge >= 0.3 is 6.03 Å². The van der Waals surface area contributed by atoms with Crippen LogP contribution >= 0.6 is 0 Å². The van der Waals surface area contributed by atoms with Crippen molar-refractivity contribution < 1.29 is 14.3 Å². The zero-order valence-corrected chi connectivity index (χ0v) is 16.1. The first kappa shape index (κ1) is 18.1. The van der Waals surface area contributed by atoms with Crippen LogP contribution in [0, 0.1) is 17.8 Å². The van der Waals surface area contributed by atoms with E-state index in [-0.39, 0.29) is 29.6 Å². The maximum absolute atomic E-state index is 12.4. The summed E-state index contributed by atoms with van der Waals surface area (Å²) in [6.07, 6.45) is 7.99. The van der Waals surface area contributed by atoms with E-state index in [1.165, 1.54) is 19.3 Å². The van der Waals surface area contributed by atoms with Crippen molar-refractivity contribution in [1.82, 2.24) is 15.5 Å². The Morgan fingerprint density at radius 1 is 1.08 bits per heavy atom. The summed E-state index contributed by atoms with van der Waals surface area (Å²) >= 11 is 0. The minimum absolute atomic E-state index is 0.0248. The molecule has 2 atom stereocenters. The molecule has 1 heterocycles. The second kappa shape index (κ2) is 7.02. The van der Waals surface area contributed by atoms with Gasteiger partial charge < -0.3 is 20.3 Å². The van der Waals surface area contributed by atoms with Gasteiger partial charge in [-0.1, -0.05) is 0 Å². The summed E-state index contributed by atoms with van der Waals surface area (Å²) in [6, 6.07) is 0.0164. The maximum Gasteiger partial charge on any atom is 0.315 e. The molecule has 6 nitrogen and oxygen atoms in total. The van der Waals surface area contributed by atoms with Gasteiger partial charge in [-0.15, -0.1) is 0 Å². The van der Waals surface area contributed by atoms with Crippen molar-refractivity contribution in [2.24, 2.45) is 17.8 Å². The average molecular weight is 364 g/mol. The molecule has 5 fully saturated rings. The van der Waals surface area contributed by atoms with Crippen molar-refractivity contribution in [3.63, 3.8) is 0 Å². The topological polar surface area (TPSA) is 70.7 Å². The zero-order valence-electron chi connectivity index (χ0n) is 16.1. The predicted octanol–water partition coefficient (Wildman–Crippen LogP) is 2.28. The first-order valence-corrected chi connectivity index (χ1v) is 10.4. The second-order valence-electron chi connectivity index (χ2n) is 9.37. The number of hydrogen-bond donors (Lipinski definition) is 2. The van der Waals surface area contributed by atoms with Crippen LogP contribution in [0.5, 0.6) is 0 Å². The number of amides is 3. The van der Waals surface area contributed by atoms with Gasteiger partial charge in [0, 0.05) is 25.0 Å². The van der Waals surface area contributed by atoms with E-state index in [4.69, 9.17) is 4.74 Å². The number of hydrogen-bond acceptors (Lipinski definition) is 3. The van der Waals surface area contributed by atoms with Gasteiger partial charge in [0.1, 0.15) is 0 Å².